The van der Waals surface area contributed by atoms with Crippen molar-refractivity contribution >= 4 is 38.3 Å². The average molecular weight is 464 g/mol. The fourth-order valence-corrected chi connectivity index (χ4v) is 5.59. The lowest BCUT2D eigenvalue weighted by Gasteiger charge is -2.28. The van der Waals surface area contributed by atoms with Crippen LogP contribution in [0, 0.1) is 12.7 Å². The van der Waals surface area contributed by atoms with Gasteiger partial charge in [-0.2, -0.15) is 0 Å². The molecular weight excluding hydrogens is 445 g/mol. The highest BCUT2D eigenvalue weighted by atomic mass is 35.5. The van der Waals surface area contributed by atoms with Crippen LogP contribution in [0.5, 0.6) is 0 Å². The van der Waals surface area contributed by atoms with Crippen molar-refractivity contribution in [3.8, 4) is 0 Å². The Labute approximate surface area is 183 Å². The number of nitrogens with zero attached hydrogens (tertiary/aromatic N) is 1. The van der Waals surface area contributed by atoms with E-state index in [2.05, 4.69) is 0 Å². The Balaban J connectivity index is 1.75. The van der Waals surface area contributed by atoms with Crippen molar-refractivity contribution in [1.29, 1.82) is 0 Å². The molecule has 1 atom stereocenters. The molecule has 6 nitrogen and oxygen atoms in total. The Kier molecular flexibility index (Phi) is 5.61. The number of benzene rings is 2. The maximum absolute atomic E-state index is 13.4. The van der Waals surface area contributed by atoms with Gasteiger partial charge >= 0.3 is 0 Å². The molecule has 0 saturated carbocycles. The molecule has 9 heteroatoms. The van der Waals surface area contributed by atoms with Crippen molar-refractivity contribution < 1.29 is 22.0 Å². The molecule has 3 aromatic rings. The van der Waals surface area contributed by atoms with Crippen LogP contribution in [0.15, 0.2) is 51.7 Å². The second-order valence-electron chi connectivity index (χ2n) is 7.69. The highest BCUT2D eigenvalue weighted by molar-refractivity contribution is 7.91. The van der Waals surface area contributed by atoms with Gasteiger partial charge in [-0.3, -0.25) is 9.59 Å². The van der Waals surface area contributed by atoms with Gasteiger partial charge in [0.1, 0.15) is 11.4 Å². The SMILES string of the molecule is Cc1cc2oc(C(=O)N(Cc3ccc(F)cc3)[C@H]3CCS(=O)(=O)C3)cc(=O)c2cc1Cl. The van der Waals surface area contributed by atoms with Crippen LogP contribution in [0.1, 0.15) is 28.1 Å². The summed E-state index contributed by atoms with van der Waals surface area (Å²) in [7, 11) is -3.27. The zero-order valence-electron chi connectivity index (χ0n) is 16.6. The van der Waals surface area contributed by atoms with E-state index in [-0.39, 0.29) is 41.2 Å². The van der Waals surface area contributed by atoms with E-state index in [1.807, 2.05) is 0 Å². The van der Waals surface area contributed by atoms with Gasteiger partial charge in [-0.15, -0.1) is 0 Å². The van der Waals surface area contributed by atoms with Crippen molar-refractivity contribution in [3.63, 3.8) is 0 Å². The quantitative estimate of drug-likeness (QED) is 0.588. The first-order valence-electron chi connectivity index (χ1n) is 9.63. The molecule has 1 aromatic heterocycles. The van der Waals surface area contributed by atoms with E-state index < -0.39 is 33.0 Å². The van der Waals surface area contributed by atoms with Crippen LogP contribution in [-0.2, 0) is 16.4 Å². The third-order valence-corrected chi connectivity index (χ3v) is 7.55. The molecule has 0 radical (unpaired) electrons. The van der Waals surface area contributed by atoms with Crippen LogP contribution in [0.2, 0.25) is 5.02 Å². The van der Waals surface area contributed by atoms with E-state index in [9.17, 15) is 22.4 Å². The fourth-order valence-electron chi connectivity index (χ4n) is 3.70. The predicted octanol–water partition coefficient (Wildman–Crippen LogP) is 3.72. The summed E-state index contributed by atoms with van der Waals surface area (Å²) in [6.07, 6.45) is 0.280. The number of hydrogen-bond acceptors (Lipinski definition) is 5. The Hall–Kier alpha value is -2.71. The summed E-state index contributed by atoms with van der Waals surface area (Å²) in [6, 6.07) is 9.19. The Morgan fingerprint density at radius 1 is 1.23 bits per heavy atom. The van der Waals surface area contributed by atoms with Gasteiger partial charge in [0, 0.05) is 23.7 Å². The van der Waals surface area contributed by atoms with Crippen molar-refractivity contribution in [2.24, 2.45) is 0 Å². The highest BCUT2D eigenvalue weighted by Crippen LogP contribution is 2.25. The highest BCUT2D eigenvalue weighted by Gasteiger charge is 2.36. The van der Waals surface area contributed by atoms with Crippen LogP contribution in [0.25, 0.3) is 11.0 Å². The maximum atomic E-state index is 13.4. The lowest BCUT2D eigenvalue weighted by atomic mass is 10.1. The monoisotopic (exact) mass is 463 g/mol. The smallest absolute Gasteiger partial charge is 0.290 e. The molecule has 0 spiro atoms. The largest absolute Gasteiger partial charge is 0.451 e. The number of amides is 1. The summed E-state index contributed by atoms with van der Waals surface area (Å²) in [5.41, 5.74) is 1.11. The van der Waals surface area contributed by atoms with Crippen LogP contribution in [-0.4, -0.2) is 36.8 Å². The van der Waals surface area contributed by atoms with Crippen LogP contribution in [0.3, 0.4) is 0 Å². The van der Waals surface area contributed by atoms with Gasteiger partial charge in [-0.25, -0.2) is 12.8 Å². The standard InChI is InChI=1S/C22H19ClFNO5S/c1-13-8-20-17(9-18(13)23)19(26)10-21(30-20)22(27)25(16-6-7-31(28,29)12-16)11-14-2-4-15(24)5-3-14/h2-5,8-10,16H,6-7,11-12H2,1H3/t16-/m0/s1. The van der Waals surface area contributed by atoms with E-state index in [1.54, 1.807) is 13.0 Å². The number of sulfone groups is 1. The molecular formula is C22H19ClFNO5S. The summed E-state index contributed by atoms with van der Waals surface area (Å²) in [5, 5.41) is 0.661. The first-order chi connectivity index (χ1) is 14.6. The molecule has 162 valence electrons. The number of halogens is 2. The molecule has 1 fully saturated rings. The van der Waals surface area contributed by atoms with E-state index in [0.29, 0.717) is 16.1 Å². The summed E-state index contributed by atoms with van der Waals surface area (Å²) in [5.74, 6) is -1.40. The molecule has 1 amide bonds. The minimum Gasteiger partial charge on any atom is -0.451 e. The minimum absolute atomic E-state index is 0.0236. The number of hydrogen-bond donors (Lipinski definition) is 0. The molecule has 0 aliphatic carbocycles. The Bertz CT molecular complexity index is 1330. The molecule has 1 saturated heterocycles. The number of aryl methyl sites for hydroxylation is 1. The first-order valence-corrected chi connectivity index (χ1v) is 11.8. The minimum atomic E-state index is -3.27. The Morgan fingerprint density at radius 3 is 2.58 bits per heavy atom. The molecule has 1 aliphatic heterocycles. The third-order valence-electron chi connectivity index (χ3n) is 5.40. The molecule has 0 unspecified atom stereocenters. The topological polar surface area (TPSA) is 84.7 Å². The van der Waals surface area contributed by atoms with Gasteiger partial charge in [0.2, 0.25) is 0 Å². The second kappa shape index (κ2) is 8.09. The number of carbonyl (C=O) groups is 1. The number of fused-ring (bicyclic) bond motifs is 1. The molecule has 4 rings (SSSR count). The van der Waals surface area contributed by atoms with Gasteiger partial charge in [0.05, 0.1) is 16.9 Å². The molecule has 31 heavy (non-hydrogen) atoms. The van der Waals surface area contributed by atoms with E-state index in [1.165, 1.54) is 35.2 Å². The van der Waals surface area contributed by atoms with Gasteiger partial charge in [0.25, 0.3) is 5.91 Å². The lowest BCUT2D eigenvalue weighted by molar-refractivity contribution is 0.0648. The van der Waals surface area contributed by atoms with Gasteiger partial charge in [-0.1, -0.05) is 23.7 Å². The lowest BCUT2D eigenvalue weighted by Crippen LogP contribution is -2.40. The first kappa shape index (κ1) is 21.5. The molecule has 0 N–H and O–H groups in total. The summed E-state index contributed by atoms with van der Waals surface area (Å²) in [4.78, 5) is 27.3. The van der Waals surface area contributed by atoms with Gasteiger partial charge in [-0.05, 0) is 48.7 Å². The summed E-state index contributed by atoms with van der Waals surface area (Å²) in [6.45, 7) is 1.81. The van der Waals surface area contributed by atoms with Crippen molar-refractivity contribution in [3.05, 3.63) is 80.4 Å². The van der Waals surface area contributed by atoms with Crippen LogP contribution in [0.4, 0.5) is 4.39 Å². The van der Waals surface area contributed by atoms with E-state index >= 15 is 0 Å². The second-order valence-corrected chi connectivity index (χ2v) is 10.3. The average Bonchev–Trinajstić information content (AvgIpc) is 3.08. The van der Waals surface area contributed by atoms with Crippen molar-refractivity contribution in [1.82, 2.24) is 4.90 Å². The summed E-state index contributed by atoms with van der Waals surface area (Å²) >= 11 is 6.09. The Morgan fingerprint density at radius 2 is 1.94 bits per heavy atom. The molecule has 2 heterocycles. The van der Waals surface area contributed by atoms with Gasteiger partial charge in [0.15, 0.2) is 21.0 Å². The van der Waals surface area contributed by atoms with Crippen molar-refractivity contribution in [2.75, 3.05) is 11.5 Å². The molecule has 0 bridgehead atoms. The molecule has 2 aromatic carbocycles. The van der Waals surface area contributed by atoms with E-state index in [0.717, 1.165) is 6.07 Å². The molecule has 1 aliphatic rings. The number of rotatable bonds is 4. The predicted molar refractivity (Wildman–Crippen MR) is 116 cm³/mol. The zero-order valence-corrected chi connectivity index (χ0v) is 18.2. The van der Waals surface area contributed by atoms with Crippen LogP contribution < -0.4 is 5.43 Å². The van der Waals surface area contributed by atoms with Crippen molar-refractivity contribution in [2.45, 2.75) is 25.9 Å². The third kappa shape index (κ3) is 4.50. The maximum Gasteiger partial charge on any atom is 0.290 e. The summed E-state index contributed by atoms with van der Waals surface area (Å²) < 4.78 is 43.1. The normalized spacial score (nSPS) is 17.7. The fraction of sp³-hybridized carbons (Fsp3) is 0.273. The van der Waals surface area contributed by atoms with E-state index in [4.69, 9.17) is 16.0 Å². The zero-order chi connectivity index (χ0) is 22.3. The number of carbonyl (C=O) groups excluding carboxylic acids is 1. The van der Waals surface area contributed by atoms with Crippen LogP contribution >= 0.6 is 11.6 Å². The van der Waals surface area contributed by atoms with Gasteiger partial charge < -0.3 is 9.32 Å².